The lowest BCUT2D eigenvalue weighted by molar-refractivity contribution is -0.125. The summed E-state index contributed by atoms with van der Waals surface area (Å²) in [6.45, 7) is 5.83. The van der Waals surface area contributed by atoms with E-state index >= 15 is 0 Å². The zero-order chi connectivity index (χ0) is 21.3. The zero-order valence-electron chi connectivity index (χ0n) is 16.8. The lowest BCUT2D eigenvalue weighted by atomic mass is 10.0. The molecular weight excluding hydrogens is 396 g/mol. The van der Waals surface area contributed by atoms with Crippen LogP contribution in [0.2, 0.25) is 0 Å². The summed E-state index contributed by atoms with van der Waals surface area (Å²) >= 11 is 1.29. The van der Waals surface area contributed by atoms with Crippen LogP contribution in [0.15, 0.2) is 78.5 Å². The van der Waals surface area contributed by atoms with Crippen LogP contribution in [0.4, 0.5) is 0 Å². The van der Waals surface area contributed by atoms with Crippen molar-refractivity contribution in [2.24, 2.45) is 0 Å². The predicted molar refractivity (Wildman–Crippen MR) is 119 cm³/mol. The summed E-state index contributed by atoms with van der Waals surface area (Å²) < 4.78 is 1.92. The molecule has 0 saturated carbocycles. The van der Waals surface area contributed by atoms with Crippen molar-refractivity contribution in [1.82, 2.24) is 20.1 Å². The Hall–Kier alpha value is -3.19. The molecule has 6 nitrogen and oxygen atoms in total. The molecule has 1 unspecified atom stereocenters. The van der Waals surface area contributed by atoms with Crippen LogP contribution in [0.25, 0.3) is 11.4 Å². The van der Waals surface area contributed by atoms with Gasteiger partial charge in [0.1, 0.15) is 0 Å². The standard InChI is InChI=1S/C23H24N4O2S/c1-3-14-27-22(19-12-8-5-9-13-19)25-26-23(27)30-16-21(29)24-20(17(2)28)15-18-10-6-4-7-11-18/h3-13,20H,1,14-16H2,2H3,(H,24,29). The Morgan fingerprint density at radius 3 is 2.40 bits per heavy atom. The number of allylic oxidation sites excluding steroid dienone is 1. The first-order valence-electron chi connectivity index (χ1n) is 9.64. The van der Waals surface area contributed by atoms with Gasteiger partial charge in [-0.15, -0.1) is 16.8 Å². The van der Waals surface area contributed by atoms with E-state index in [1.54, 1.807) is 6.08 Å². The third-order valence-corrected chi connectivity index (χ3v) is 5.47. The van der Waals surface area contributed by atoms with E-state index in [2.05, 4.69) is 22.1 Å². The lowest BCUT2D eigenvalue weighted by Crippen LogP contribution is -2.42. The summed E-state index contributed by atoms with van der Waals surface area (Å²) in [5, 5.41) is 12.0. The first-order valence-corrected chi connectivity index (χ1v) is 10.6. The van der Waals surface area contributed by atoms with Crippen LogP contribution in [0.5, 0.6) is 0 Å². The number of nitrogens with one attached hydrogen (secondary N) is 1. The molecule has 0 aliphatic rings. The molecule has 30 heavy (non-hydrogen) atoms. The normalized spacial score (nSPS) is 11.6. The van der Waals surface area contributed by atoms with Crippen LogP contribution in [0.1, 0.15) is 12.5 Å². The number of hydrogen-bond donors (Lipinski definition) is 1. The largest absolute Gasteiger partial charge is 0.345 e. The van der Waals surface area contributed by atoms with E-state index in [4.69, 9.17) is 0 Å². The van der Waals surface area contributed by atoms with Crippen LogP contribution in [-0.2, 0) is 22.6 Å². The molecule has 1 heterocycles. The summed E-state index contributed by atoms with van der Waals surface area (Å²) in [7, 11) is 0. The number of thioether (sulfide) groups is 1. The molecule has 0 fully saturated rings. The SMILES string of the molecule is C=CCn1c(SCC(=O)NC(Cc2ccccc2)C(C)=O)nnc1-c1ccccc1. The van der Waals surface area contributed by atoms with E-state index in [0.29, 0.717) is 18.1 Å². The van der Waals surface area contributed by atoms with E-state index in [-0.39, 0.29) is 17.4 Å². The van der Waals surface area contributed by atoms with Gasteiger partial charge >= 0.3 is 0 Å². The quantitative estimate of drug-likeness (QED) is 0.401. The van der Waals surface area contributed by atoms with E-state index in [1.807, 2.05) is 65.2 Å². The molecule has 1 atom stereocenters. The maximum absolute atomic E-state index is 12.5. The number of nitrogens with zero attached hydrogens (tertiary/aromatic N) is 3. The van der Waals surface area contributed by atoms with Gasteiger partial charge in [0.2, 0.25) is 5.91 Å². The van der Waals surface area contributed by atoms with Crippen molar-refractivity contribution in [3.05, 3.63) is 78.9 Å². The second-order valence-electron chi connectivity index (χ2n) is 6.78. The number of amides is 1. The molecule has 0 radical (unpaired) electrons. The molecule has 1 N–H and O–H groups in total. The van der Waals surface area contributed by atoms with Crippen molar-refractivity contribution in [1.29, 1.82) is 0 Å². The number of benzene rings is 2. The molecule has 7 heteroatoms. The van der Waals surface area contributed by atoms with Crippen molar-refractivity contribution < 1.29 is 9.59 Å². The van der Waals surface area contributed by atoms with Crippen LogP contribution in [-0.4, -0.2) is 38.2 Å². The Labute approximate surface area is 180 Å². The van der Waals surface area contributed by atoms with Gasteiger partial charge in [0.05, 0.1) is 11.8 Å². The highest BCUT2D eigenvalue weighted by molar-refractivity contribution is 7.99. The molecular formula is C23H24N4O2S. The summed E-state index contributed by atoms with van der Waals surface area (Å²) in [4.78, 5) is 24.5. The van der Waals surface area contributed by atoms with E-state index in [0.717, 1.165) is 17.0 Å². The summed E-state index contributed by atoms with van der Waals surface area (Å²) in [6.07, 6.45) is 2.24. The maximum atomic E-state index is 12.5. The number of aromatic nitrogens is 3. The molecule has 0 aliphatic carbocycles. The van der Waals surface area contributed by atoms with Crippen molar-refractivity contribution in [2.75, 3.05) is 5.75 Å². The van der Waals surface area contributed by atoms with Crippen LogP contribution in [0, 0.1) is 0 Å². The number of hydrogen-bond acceptors (Lipinski definition) is 5. The Kier molecular flexibility index (Phi) is 7.57. The van der Waals surface area contributed by atoms with Gasteiger partial charge in [-0.25, -0.2) is 0 Å². The van der Waals surface area contributed by atoms with E-state index in [9.17, 15) is 9.59 Å². The first kappa shape index (κ1) is 21.5. The van der Waals surface area contributed by atoms with Gasteiger partial charge in [0.25, 0.3) is 0 Å². The maximum Gasteiger partial charge on any atom is 0.231 e. The minimum atomic E-state index is -0.550. The van der Waals surface area contributed by atoms with Gasteiger partial charge in [-0.2, -0.15) is 0 Å². The first-order chi connectivity index (χ1) is 14.6. The van der Waals surface area contributed by atoms with Gasteiger partial charge in [-0.1, -0.05) is 78.5 Å². The van der Waals surface area contributed by atoms with Crippen molar-refractivity contribution in [2.45, 2.75) is 31.1 Å². The second kappa shape index (κ2) is 10.5. The van der Waals surface area contributed by atoms with Crippen LogP contribution >= 0.6 is 11.8 Å². The third kappa shape index (κ3) is 5.67. The third-order valence-electron chi connectivity index (χ3n) is 4.50. The number of rotatable bonds is 10. The Morgan fingerprint density at radius 1 is 1.10 bits per heavy atom. The molecule has 0 aliphatic heterocycles. The highest BCUT2D eigenvalue weighted by atomic mass is 32.2. The summed E-state index contributed by atoms with van der Waals surface area (Å²) in [6, 6.07) is 18.8. The van der Waals surface area contributed by atoms with E-state index < -0.39 is 6.04 Å². The summed E-state index contributed by atoms with van der Waals surface area (Å²) in [5.41, 5.74) is 1.95. The van der Waals surface area contributed by atoms with E-state index in [1.165, 1.54) is 18.7 Å². The molecule has 0 spiro atoms. The van der Waals surface area contributed by atoms with Gasteiger partial charge in [-0.05, 0) is 18.9 Å². The monoisotopic (exact) mass is 420 g/mol. The van der Waals surface area contributed by atoms with Crippen LogP contribution in [0.3, 0.4) is 0 Å². The molecule has 3 aromatic rings. The van der Waals surface area contributed by atoms with Gasteiger partial charge < -0.3 is 5.32 Å². The highest BCUT2D eigenvalue weighted by Gasteiger charge is 2.19. The Balaban J connectivity index is 1.65. The van der Waals surface area contributed by atoms with Crippen molar-refractivity contribution >= 4 is 23.5 Å². The number of Topliss-reactive ketones (excluding diaryl/α,β-unsaturated/α-hetero) is 1. The average Bonchev–Trinajstić information content (AvgIpc) is 3.16. The Morgan fingerprint density at radius 2 is 1.77 bits per heavy atom. The van der Waals surface area contributed by atoms with Crippen molar-refractivity contribution in [3.63, 3.8) is 0 Å². The fraction of sp³-hybridized carbons (Fsp3) is 0.217. The smallest absolute Gasteiger partial charge is 0.231 e. The lowest BCUT2D eigenvalue weighted by Gasteiger charge is -2.16. The molecule has 1 aromatic heterocycles. The van der Waals surface area contributed by atoms with Crippen molar-refractivity contribution in [3.8, 4) is 11.4 Å². The molecule has 0 saturated heterocycles. The number of ketones is 1. The fourth-order valence-electron chi connectivity index (χ4n) is 3.00. The fourth-order valence-corrected chi connectivity index (χ4v) is 3.76. The topological polar surface area (TPSA) is 76.9 Å². The predicted octanol–water partition coefficient (Wildman–Crippen LogP) is 3.54. The molecule has 3 rings (SSSR count). The second-order valence-corrected chi connectivity index (χ2v) is 7.72. The number of carbonyl (C=O) groups is 2. The Bertz CT molecular complexity index is 1000. The average molecular weight is 421 g/mol. The minimum absolute atomic E-state index is 0.0709. The molecule has 2 aromatic carbocycles. The zero-order valence-corrected chi connectivity index (χ0v) is 17.6. The highest BCUT2D eigenvalue weighted by Crippen LogP contribution is 2.23. The number of carbonyl (C=O) groups excluding carboxylic acids is 2. The van der Waals surface area contributed by atoms with Gasteiger partial charge in [0, 0.05) is 12.1 Å². The molecule has 0 bridgehead atoms. The summed E-state index contributed by atoms with van der Waals surface area (Å²) in [5.74, 6) is 0.579. The molecule has 1 amide bonds. The molecule has 154 valence electrons. The van der Waals surface area contributed by atoms with Crippen LogP contribution < -0.4 is 5.32 Å². The van der Waals surface area contributed by atoms with Gasteiger partial charge in [-0.3, -0.25) is 14.2 Å². The minimum Gasteiger partial charge on any atom is -0.345 e. The van der Waals surface area contributed by atoms with Gasteiger partial charge in [0.15, 0.2) is 16.8 Å².